The monoisotopic (exact) mass is 288 g/mol. The minimum atomic E-state index is 0.548. The molecule has 3 heterocycles. The summed E-state index contributed by atoms with van der Waals surface area (Å²) in [6.45, 7) is 2.47. The van der Waals surface area contributed by atoms with Crippen LogP contribution in [0.3, 0.4) is 0 Å². The second-order valence-corrected chi connectivity index (χ2v) is 4.69. The molecule has 0 radical (unpaired) electrons. The van der Waals surface area contributed by atoms with Gasteiger partial charge in [0, 0.05) is 13.2 Å². The maximum absolute atomic E-state index is 6.33. The number of nitrogens with zero attached hydrogens (tertiary/aromatic N) is 4. The summed E-state index contributed by atoms with van der Waals surface area (Å²) in [6, 6.07) is 5.57. The Morgan fingerprint density at radius 2 is 2.25 bits per heavy atom. The van der Waals surface area contributed by atoms with E-state index in [4.69, 9.17) is 16.3 Å². The Bertz CT molecular complexity index is 769. The van der Waals surface area contributed by atoms with Crippen LogP contribution in [-0.4, -0.2) is 26.4 Å². The topological polar surface area (TPSA) is 52.8 Å². The SMILES string of the molecule is CCOc1ncccc1-c1cc(Cl)c2c(cnn2C)n1. The van der Waals surface area contributed by atoms with Crippen molar-refractivity contribution in [2.45, 2.75) is 6.92 Å². The standard InChI is InChI=1S/C14H13ClN4O/c1-3-20-14-9(5-4-6-16-14)11-7-10(15)13-12(18-11)8-17-19(13)2/h4-8H,3H2,1-2H3. The molecule has 0 fully saturated rings. The maximum atomic E-state index is 6.33. The molecule has 3 aromatic rings. The van der Waals surface area contributed by atoms with Crippen molar-refractivity contribution >= 4 is 22.6 Å². The van der Waals surface area contributed by atoms with Crippen molar-refractivity contribution < 1.29 is 4.74 Å². The van der Waals surface area contributed by atoms with Crippen LogP contribution in [0.4, 0.5) is 0 Å². The van der Waals surface area contributed by atoms with Crippen LogP contribution in [0.2, 0.25) is 5.02 Å². The van der Waals surface area contributed by atoms with Gasteiger partial charge in [0.1, 0.15) is 11.0 Å². The molecule has 0 bridgehead atoms. The van der Waals surface area contributed by atoms with Gasteiger partial charge < -0.3 is 4.74 Å². The predicted octanol–water partition coefficient (Wildman–Crippen LogP) is 3.08. The molecule has 0 saturated heterocycles. The Morgan fingerprint density at radius 1 is 1.40 bits per heavy atom. The van der Waals surface area contributed by atoms with E-state index in [9.17, 15) is 0 Å². The van der Waals surface area contributed by atoms with Gasteiger partial charge in [-0.3, -0.25) is 4.68 Å². The minimum Gasteiger partial charge on any atom is -0.477 e. The Labute approximate surface area is 121 Å². The van der Waals surface area contributed by atoms with Crippen molar-refractivity contribution in [3.8, 4) is 17.1 Å². The first kappa shape index (κ1) is 12.9. The molecule has 5 nitrogen and oxygen atoms in total. The highest BCUT2D eigenvalue weighted by Gasteiger charge is 2.13. The summed E-state index contributed by atoms with van der Waals surface area (Å²) in [7, 11) is 1.84. The van der Waals surface area contributed by atoms with E-state index in [1.54, 1.807) is 17.1 Å². The zero-order chi connectivity index (χ0) is 14.1. The zero-order valence-electron chi connectivity index (χ0n) is 11.2. The fourth-order valence-corrected chi connectivity index (χ4v) is 2.43. The van der Waals surface area contributed by atoms with Crippen molar-refractivity contribution in [1.82, 2.24) is 19.7 Å². The van der Waals surface area contributed by atoms with Gasteiger partial charge in [0.2, 0.25) is 5.88 Å². The highest BCUT2D eigenvalue weighted by atomic mass is 35.5. The van der Waals surface area contributed by atoms with E-state index >= 15 is 0 Å². The van der Waals surface area contributed by atoms with Gasteiger partial charge in [0.05, 0.1) is 29.1 Å². The molecule has 0 amide bonds. The average Bonchev–Trinajstić information content (AvgIpc) is 2.82. The lowest BCUT2D eigenvalue weighted by atomic mass is 10.1. The van der Waals surface area contributed by atoms with E-state index in [0.717, 1.165) is 22.3 Å². The quantitative estimate of drug-likeness (QED) is 0.743. The number of hydrogen-bond acceptors (Lipinski definition) is 4. The third-order valence-electron chi connectivity index (χ3n) is 2.98. The normalized spacial score (nSPS) is 10.9. The summed E-state index contributed by atoms with van der Waals surface area (Å²) in [5.74, 6) is 0.557. The number of halogens is 1. The molecule has 0 aliphatic carbocycles. The van der Waals surface area contributed by atoms with Crippen molar-refractivity contribution in [2.75, 3.05) is 6.61 Å². The Balaban J connectivity index is 2.20. The van der Waals surface area contributed by atoms with Crippen LogP contribution in [0.25, 0.3) is 22.3 Å². The molecule has 0 atom stereocenters. The lowest BCUT2D eigenvalue weighted by Crippen LogP contribution is -1.98. The maximum Gasteiger partial charge on any atom is 0.222 e. The Kier molecular flexibility index (Phi) is 3.28. The summed E-state index contributed by atoms with van der Waals surface area (Å²) in [6.07, 6.45) is 3.39. The first-order valence-electron chi connectivity index (χ1n) is 6.27. The van der Waals surface area contributed by atoms with E-state index in [1.165, 1.54) is 0 Å². The number of pyridine rings is 2. The molecule has 0 aliphatic rings. The van der Waals surface area contributed by atoms with Gasteiger partial charge in [-0.1, -0.05) is 11.6 Å². The van der Waals surface area contributed by atoms with E-state index < -0.39 is 0 Å². The first-order valence-corrected chi connectivity index (χ1v) is 6.65. The number of aromatic nitrogens is 4. The van der Waals surface area contributed by atoms with Gasteiger partial charge in [0.25, 0.3) is 0 Å². The number of aryl methyl sites for hydroxylation is 1. The summed E-state index contributed by atoms with van der Waals surface area (Å²) >= 11 is 6.33. The summed E-state index contributed by atoms with van der Waals surface area (Å²) < 4.78 is 7.24. The van der Waals surface area contributed by atoms with Crippen LogP contribution in [0.5, 0.6) is 5.88 Å². The fraction of sp³-hybridized carbons (Fsp3) is 0.214. The van der Waals surface area contributed by atoms with Gasteiger partial charge in [-0.15, -0.1) is 0 Å². The Hall–Kier alpha value is -2.14. The third-order valence-corrected chi connectivity index (χ3v) is 3.27. The van der Waals surface area contributed by atoms with Gasteiger partial charge in [-0.25, -0.2) is 9.97 Å². The predicted molar refractivity (Wildman–Crippen MR) is 77.9 cm³/mol. The molecule has 0 aliphatic heterocycles. The highest BCUT2D eigenvalue weighted by molar-refractivity contribution is 6.35. The first-order chi connectivity index (χ1) is 9.70. The van der Waals surface area contributed by atoms with Crippen molar-refractivity contribution in [3.05, 3.63) is 35.6 Å². The van der Waals surface area contributed by atoms with Crippen LogP contribution >= 0.6 is 11.6 Å². The van der Waals surface area contributed by atoms with Crippen LogP contribution in [-0.2, 0) is 7.05 Å². The van der Waals surface area contributed by atoms with Gasteiger partial charge >= 0.3 is 0 Å². The molecule has 102 valence electrons. The van der Waals surface area contributed by atoms with E-state index in [1.807, 2.05) is 32.2 Å². The van der Waals surface area contributed by atoms with Gasteiger partial charge in [-0.2, -0.15) is 5.10 Å². The minimum absolute atomic E-state index is 0.548. The molecule has 0 aromatic carbocycles. The zero-order valence-corrected chi connectivity index (χ0v) is 11.9. The van der Waals surface area contributed by atoms with Crippen molar-refractivity contribution in [3.63, 3.8) is 0 Å². The molecule has 3 rings (SSSR count). The molecular weight excluding hydrogens is 276 g/mol. The number of fused-ring (bicyclic) bond motifs is 1. The fourth-order valence-electron chi connectivity index (χ4n) is 2.11. The van der Waals surface area contributed by atoms with Crippen LogP contribution in [0.1, 0.15) is 6.92 Å². The summed E-state index contributed by atoms with van der Waals surface area (Å²) in [4.78, 5) is 8.82. The van der Waals surface area contributed by atoms with Crippen molar-refractivity contribution in [2.24, 2.45) is 7.05 Å². The average molecular weight is 289 g/mol. The second kappa shape index (κ2) is 5.09. The summed E-state index contributed by atoms with van der Waals surface area (Å²) in [5, 5.41) is 4.78. The van der Waals surface area contributed by atoms with Gasteiger partial charge in [-0.05, 0) is 25.1 Å². The smallest absolute Gasteiger partial charge is 0.222 e. The summed E-state index contributed by atoms with van der Waals surface area (Å²) in [5.41, 5.74) is 3.12. The molecule has 0 spiro atoms. The number of hydrogen-bond donors (Lipinski definition) is 0. The number of rotatable bonds is 3. The molecule has 0 N–H and O–H groups in total. The van der Waals surface area contributed by atoms with E-state index in [2.05, 4.69) is 15.1 Å². The lowest BCUT2D eigenvalue weighted by molar-refractivity contribution is 0.328. The molecule has 0 unspecified atom stereocenters. The van der Waals surface area contributed by atoms with Crippen molar-refractivity contribution in [1.29, 1.82) is 0 Å². The molecular formula is C14H13ClN4O. The largest absolute Gasteiger partial charge is 0.477 e. The van der Waals surface area contributed by atoms with Gasteiger partial charge in [0.15, 0.2) is 0 Å². The van der Waals surface area contributed by atoms with E-state index in [-0.39, 0.29) is 0 Å². The molecule has 6 heteroatoms. The molecule has 20 heavy (non-hydrogen) atoms. The van der Waals surface area contributed by atoms with Crippen LogP contribution in [0, 0.1) is 0 Å². The lowest BCUT2D eigenvalue weighted by Gasteiger charge is -2.09. The number of ether oxygens (including phenoxy) is 1. The molecule has 3 aromatic heterocycles. The van der Waals surface area contributed by atoms with E-state index in [0.29, 0.717) is 17.5 Å². The highest BCUT2D eigenvalue weighted by Crippen LogP contribution is 2.31. The second-order valence-electron chi connectivity index (χ2n) is 4.28. The third kappa shape index (κ3) is 2.10. The van der Waals surface area contributed by atoms with Crippen LogP contribution < -0.4 is 4.74 Å². The van der Waals surface area contributed by atoms with Crippen LogP contribution in [0.15, 0.2) is 30.6 Å². The Morgan fingerprint density at radius 3 is 3.05 bits per heavy atom. The molecule has 0 saturated carbocycles.